The van der Waals surface area contributed by atoms with Gasteiger partial charge in [-0.1, -0.05) is 22.6 Å². The van der Waals surface area contributed by atoms with Gasteiger partial charge in [0.15, 0.2) is 0 Å². The molecule has 35 heavy (non-hydrogen) atoms. The highest BCUT2D eigenvalue weighted by molar-refractivity contribution is 14.1. The Bertz CT molecular complexity index is 1660. The summed E-state index contributed by atoms with van der Waals surface area (Å²) < 4.78 is 42.3. The van der Waals surface area contributed by atoms with Gasteiger partial charge in [-0.25, -0.2) is 31.7 Å². The normalized spacial score (nSPS) is 11.4. The molecule has 10 nitrogen and oxygen atoms in total. The number of carbonyl (C=O) groups is 1. The molecule has 4 N–H and O–H groups in total. The molecular formula is C21H17FIN5O5S2. The van der Waals surface area contributed by atoms with Crippen molar-refractivity contribution in [2.75, 3.05) is 17.7 Å². The van der Waals surface area contributed by atoms with E-state index in [-0.39, 0.29) is 32.2 Å². The fraction of sp³-hybridized carbons (Fsp3) is 0.0952. The van der Waals surface area contributed by atoms with Crippen LogP contribution >= 0.6 is 33.9 Å². The van der Waals surface area contributed by atoms with E-state index in [1.165, 1.54) is 43.4 Å². The van der Waals surface area contributed by atoms with Crippen LogP contribution in [0.15, 0.2) is 62.3 Å². The molecule has 0 fully saturated rings. The van der Waals surface area contributed by atoms with Crippen LogP contribution in [0, 0.1) is 5.82 Å². The minimum absolute atomic E-state index is 0.0165. The summed E-state index contributed by atoms with van der Waals surface area (Å²) in [7, 11) is -2.52. The van der Waals surface area contributed by atoms with Crippen LogP contribution in [-0.2, 0) is 14.5 Å². The number of carbonyl (C=O) groups excluding carboxylic acids is 1. The number of urea groups is 1. The van der Waals surface area contributed by atoms with Crippen molar-refractivity contribution < 1.29 is 17.6 Å². The topological polar surface area (TPSA) is 142 Å². The molecular weight excluding hydrogens is 612 g/mol. The van der Waals surface area contributed by atoms with Gasteiger partial charge in [0.2, 0.25) is 0 Å². The Morgan fingerprint density at radius 3 is 2.49 bits per heavy atom. The number of hydrogen-bond acceptors (Lipinski definition) is 7. The zero-order valence-corrected chi connectivity index (χ0v) is 21.7. The van der Waals surface area contributed by atoms with Crippen molar-refractivity contribution in [2.24, 2.45) is 0 Å². The van der Waals surface area contributed by atoms with Crippen molar-refractivity contribution in [3.8, 4) is 5.69 Å². The van der Waals surface area contributed by atoms with E-state index >= 15 is 0 Å². The molecule has 2 heterocycles. The van der Waals surface area contributed by atoms with Gasteiger partial charge in [-0.3, -0.25) is 4.79 Å². The number of thiophene rings is 1. The number of H-pyrrole nitrogens is 1. The summed E-state index contributed by atoms with van der Waals surface area (Å²) in [6.45, 7) is 0. The Labute approximate surface area is 215 Å². The van der Waals surface area contributed by atoms with Crippen LogP contribution < -0.4 is 26.6 Å². The number of halogens is 2. The van der Waals surface area contributed by atoms with E-state index < -0.39 is 33.1 Å². The predicted molar refractivity (Wildman–Crippen MR) is 141 cm³/mol. The van der Waals surface area contributed by atoms with Gasteiger partial charge < -0.3 is 15.6 Å². The molecule has 0 saturated carbocycles. The molecule has 14 heteroatoms. The molecule has 2 amide bonds. The van der Waals surface area contributed by atoms with Gasteiger partial charge in [0.1, 0.15) is 10.0 Å². The van der Waals surface area contributed by atoms with E-state index in [2.05, 4.69) is 38.2 Å². The lowest BCUT2D eigenvalue weighted by Crippen LogP contribution is -2.34. The third kappa shape index (κ3) is 5.08. The summed E-state index contributed by atoms with van der Waals surface area (Å²) in [4.78, 5) is 41.1. The van der Waals surface area contributed by atoms with Gasteiger partial charge in [0.25, 0.3) is 15.6 Å². The number of aromatic nitrogens is 2. The largest absolute Gasteiger partial charge is 0.386 e. The zero-order chi connectivity index (χ0) is 25.3. The first-order valence-corrected chi connectivity index (χ1v) is 13.7. The number of anilines is 2. The molecule has 0 aliphatic rings. The van der Waals surface area contributed by atoms with E-state index in [4.69, 9.17) is 0 Å². The van der Waals surface area contributed by atoms with E-state index in [9.17, 15) is 27.2 Å². The Hall–Kier alpha value is -3.24. The van der Waals surface area contributed by atoms with Crippen molar-refractivity contribution in [3.63, 3.8) is 0 Å². The highest BCUT2D eigenvalue weighted by Crippen LogP contribution is 2.23. The van der Waals surface area contributed by atoms with E-state index in [0.29, 0.717) is 4.43 Å². The molecule has 4 rings (SSSR count). The van der Waals surface area contributed by atoms with Gasteiger partial charge in [-0.15, -0.1) is 11.3 Å². The molecule has 2 aromatic carbocycles. The second-order valence-corrected chi connectivity index (χ2v) is 11.0. The highest BCUT2D eigenvalue weighted by Gasteiger charge is 2.20. The first-order valence-electron chi connectivity index (χ1n) is 9.88. The fourth-order valence-electron chi connectivity index (χ4n) is 3.26. The summed E-state index contributed by atoms with van der Waals surface area (Å²) in [5.74, 6) is -0.649. The lowest BCUT2D eigenvalue weighted by Gasteiger charge is -2.10. The maximum absolute atomic E-state index is 14.2. The van der Waals surface area contributed by atoms with Crippen molar-refractivity contribution in [3.05, 3.63) is 80.1 Å². The second-order valence-electron chi connectivity index (χ2n) is 7.16. The molecule has 0 aliphatic heterocycles. The molecule has 0 bridgehead atoms. The van der Waals surface area contributed by atoms with Crippen molar-refractivity contribution in [1.29, 1.82) is 0 Å². The van der Waals surface area contributed by atoms with Gasteiger partial charge in [-0.05, 0) is 48.5 Å². The molecule has 0 spiro atoms. The smallest absolute Gasteiger partial charge is 0.333 e. The molecule has 0 saturated heterocycles. The predicted octanol–water partition coefficient (Wildman–Crippen LogP) is 3.37. The Kier molecular flexibility index (Phi) is 6.95. The number of nitrogens with one attached hydrogen (secondary N) is 4. The summed E-state index contributed by atoms with van der Waals surface area (Å²) in [6, 6.07) is 10.0. The number of hydrogen-bond donors (Lipinski definition) is 4. The van der Waals surface area contributed by atoms with E-state index in [1.807, 2.05) is 4.72 Å². The summed E-state index contributed by atoms with van der Waals surface area (Å²) in [6.07, 6.45) is 0. The van der Waals surface area contributed by atoms with Crippen LogP contribution in [-0.4, -0.2) is 31.0 Å². The number of alkyl halides is 1. The second kappa shape index (κ2) is 9.79. The van der Waals surface area contributed by atoms with Crippen LogP contribution in [0.2, 0.25) is 0 Å². The molecule has 0 unspecified atom stereocenters. The zero-order valence-electron chi connectivity index (χ0n) is 17.9. The number of amides is 2. The fourth-order valence-corrected chi connectivity index (χ4v) is 6.10. The first kappa shape index (κ1) is 24.9. The van der Waals surface area contributed by atoms with Crippen LogP contribution in [0.3, 0.4) is 0 Å². The monoisotopic (exact) mass is 629 g/mol. The number of nitrogens with zero attached hydrogens (tertiary/aromatic N) is 1. The Morgan fingerprint density at radius 2 is 1.86 bits per heavy atom. The number of sulfonamides is 1. The third-order valence-electron chi connectivity index (χ3n) is 4.90. The van der Waals surface area contributed by atoms with Crippen LogP contribution in [0.4, 0.5) is 20.6 Å². The first-order chi connectivity index (χ1) is 16.6. The quantitative estimate of drug-likeness (QED) is 0.191. The van der Waals surface area contributed by atoms with E-state index in [1.54, 1.807) is 6.07 Å². The minimum Gasteiger partial charge on any atom is -0.386 e. The van der Waals surface area contributed by atoms with Crippen LogP contribution in [0.1, 0.15) is 4.88 Å². The Morgan fingerprint density at radius 1 is 1.14 bits per heavy atom. The van der Waals surface area contributed by atoms with Gasteiger partial charge >= 0.3 is 11.7 Å². The van der Waals surface area contributed by atoms with Crippen molar-refractivity contribution in [2.45, 2.75) is 8.64 Å². The summed E-state index contributed by atoms with van der Waals surface area (Å²) in [5.41, 5.74) is -0.769. The number of benzene rings is 2. The van der Waals surface area contributed by atoms with Crippen molar-refractivity contribution >= 4 is 72.3 Å². The van der Waals surface area contributed by atoms with Gasteiger partial charge in [0, 0.05) is 22.0 Å². The van der Waals surface area contributed by atoms with Crippen LogP contribution in [0.25, 0.3) is 16.6 Å². The highest BCUT2D eigenvalue weighted by atomic mass is 127. The average molecular weight is 629 g/mol. The minimum atomic E-state index is -4.03. The summed E-state index contributed by atoms with van der Waals surface area (Å²) in [5, 5.41) is 5.01. The number of aromatic amines is 1. The van der Waals surface area contributed by atoms with Crippen molar-refractivity contribution in [1.82, 2.24) is 14.3 Å². The van der Waals surface area contributed by atoms with Crippen LogP contribution in [0.5, 0.6) is 0 Å². The molecule has 2 aromatic heterocycles. The molecule has 182 valence electrons. The third-order valence-corrected chi connectivity index (χ3v) is 9.15. The lowest BCUT2D eigenvalue weighted by molar-refractivity contribution is 0.256. The molecule has 0 radical (unpaired) electrons. The average Bonchev–Trinajstić information content (AvgIpc) is 3.31. The number of rotatable bonds is 6. The van der Waals surface area contributed by atoms with E-state index in [0.717, 1.165) is 26.8 Å². The maximum Gasteiger partial charge on any atom is 0.333 e. The molecule has 4 aromatic rings. The SMILES string of the molecule is CNc1cc2[nH]c(=O)n(-c3ccc(NC(=O)NS(=O)(=O)c4ccc(CI)s4)cc3)c(=O)c2cc1F. The number of fused-ring (bicyclic) bond motifs is 1. The maximum atomic E-state index is 14.2. The van der Waals surface area contributed by atoms with Gasteiger partial charge in [0.05, 0.1) is 22.3 Å². The summed E-state index contributed by atoms with van der Waals surface area (Å²) >= 11 is 3.17. The molecule has 0 atom stereocenters. The lowest BCUT2D eigenvalue weighted by atomic mass is 10.2. The van der Waals surface area contributed by atoms with Gasteiger partial charge in [-0.2, -0.15) is 0 Å². The molecule has 0 aliphatic carbocycles. The Balaban J connectivity index is 1.56. The standard InChI is InChI=1S/C21H17FIN5O5S2/c1-24-17-9-16-14(8-15(17)22)19(29)28(21(31)26-16)12-4-2-11(3-5-12)25-20(30)27-35(32,33)18-7-6-13(10-23)34-18/h2-9,24H,10H2,1H3,(H,26,31)(H2,25,27,30).